The lowest BCUT2D eigenvalue weighted by atomic mass is 9.96. The van der Waals surface area contributed by atoms with Crippen molar-refractivity contribution in [3.63, 3.8) is 0 Å². The third kappa shape index (κ3) is 6.20. The number of nitrogens with one attached hydrogen (secondary N) is 1. The van der Waals surface area contributed by atoms with Gasteiger partial charge in [-0.05, 0) is 42.7 Å². The molecule has 1 N–H and O–H groups in total. The first-order valence-corrected chi connectivity index (χ1v) is 12.5. The van der Waals surface area contributed by atoms with Gasteiger partial charge in [0.05, 0.1) is 39.0 Å². The van der Waals surface area contributed by atoms with Crippen LogP contribution in [0.2, 0.25) is 4.34 Å². The van der Waals surface area contributed by atoms with Crippen molar-refractivity contribution < 1.29 is 33.2 Å². The van der Waals surface area contributed by atoms with Crippen molar-refractivity contribution in [3.8, 4) is 34.5 Å². The first-order valence-electron chi connectivity index (χ1n) is 11.3. The Bertz CT molecular complexity index is 1270. The molecule has 0 saturated heterocycles. The Hall–Kier alpha value is -3.63. The molecule has 0 radical (unpaired) electrons. The maximum absolute atomic E-state index is 12.2. The van der Waals surface area contributed by atoms with E-state index in [-0.39, 0.29) is 12.7 Å². The van der Waals surface area contributed by atoms with Crippen LogP contribution in [0.5, 0.6) is 34.5 Å². The Labute approximate surface area is 223 Å². The highest BCUT2D eigenvalue weighted by atomic mass is 35.5. The van der Waals surface area contributed by atoms with Gasteiger partial charge in [0.25, 0.3) is 5.91 Å². The molecule has 11 heteroatoms. The van der Waals surface area contributed by atoms with E-state index in [2.05, 4.69) is 10.5 Å². The van der Waals surface area contributed by atoms with E-state index >= 15 is 0 Å². The Morgan fingerprint density at radius 1 is 1.08 bits per heavy atom. The number of methoxy groups -OCH3 is 4. The molecule has 9 nitrogen and oxygen atoms in total. The summed E-state index contributed by atoms with van der Waals surface area (Å²) in [4.78, 5) is 13.0. The number of nitrogens with zero attached hydrogens (tertiary/aromatic N) is 1. The van der Waals surface area contributed by atoms with Gasteiger partial charge < -0.3 is 28.4 Å². The molecule has 0 fully saturated rings. The zero-order valence-electron chi connectivity index (χ0n) is 20.8. The maximum atomic E-state index is 12.2. The lowest BCUT2D eigenvalue weighted by molar-refractivity contribution is -0.123. The lowest BCUT2D eigenvalue weighted by Crippen LogP contribution is -2.24. The number of rotatable bonds is 10. The number of fused-ring (bicyclic) bond motifs is 1. The molecule has 2 heterocycles. The molecule has 1 aromatic heterocycles. The number of carbonyl (C=O) groups is 1. The Morgan fingerprint density at radius 2 is 1.81 bits per heavy atom. The second-order valence-electron chi connectivity index (χ2n) is 7.93. The van der Waals surface area contributed by atoms with Gasteiger partial charge in [-0.15, -0.1) is 11.3 Å². The molecule has 2 aromatic carbocycles. The largest absolute Gasteiger partial charge is 0.496 e. The SMILES string of the molecule is COc1cc(OCC(=O)N/N=C/c2ccc(Cl)s2)cc2c1CCC(c1cc(OC)c(OC)c(OC)c1)O2. The van der Waals surface area contributed by atoms with Gasteiger partial charge >= 0.3 is 0 Å². The van der Waals surface area contributed by atoms with Crippen molar-refractivity contribution in [1.82, 2.24) is 5.43 Å². The third-order valence-corrected chi connectivity index (χ3v) is 6.86. The predicted molar refractivity (Wildman–Crippen MR) is 141 cm³/mol. The zero-order valence-corrected chi connectivity index (χ0v) is 22.4. The zero-order chi connectivity index (χ0) is 26.4. The number of benzene rings is 2. The van der Waals surface area contributed by atoms with Gasteiger partial charge in [-0.1, -0.05) is 11.6 Å². The molecule has 0 bridgehead atoms. The molecule has 0 saturated carbocycles. The van der Waals surface area contributed by atoms with Crippen molar-refractivity contribution in [1.29, 1.82) is 0 Å². The molecule has 1 atom stereocenters. The molecule has 0 aliphatic carbocycles. The smallest absolute Gasteiger partial charge is 0.277 e. The molecule has 196 valence electrons. The standard InChI is InChI=1S/C26H27ClN2O7S/c1-31-20-11-16(35-14-25(30)29-28-13-17-5-8-24(27)37-17)12-21-18(20)6-7-19(36-21)15-9-22(32-2)26(34-4)23(10-15)33-3/h5,8-13,19H,6-7,14H2,1-4H3,(H,29,30)/b28-13+. The normalized spacial score (nSPS) is 14.5. The minimum absolute atomic E-state index is 0.235. The second kappa shape index (κ2) is 12.1. The number of thiophene rings is 1. The number of amides is 1. The van der Waals surface area contributed by atoms with Crippen molar-refractivity contribution >= 4 is 35.1 Å². The van der Waals surface area contributed by atoms with Crippen LogP contribution in [0, 0.1) is 0 Å². The molecule has 1 aliphatic rings. The molecule has 1 amide bonds. The van der Waals surface area contributed by atoms with Gasteiger partial charge in [0.2, 0.25) is 5.75 Å². The van der Waals surface area contributed by atoms with E-state index in [9.17, 15) is 4.79 Å². The fraction of sp³-hybridized carbons (Fsp3) is 0.308. The van der Waals surface area contributed by atoms with E-state index in [1.54, 1.807) is 46.6 Å². The van der Waals surface area contributed by atoms with Crippen LogP contribution in [-0.4, -0.2) is 47.2 Å². The van der Waals surface area contributed by atoms with Crippen LogP contribution in [0.25, 0.3) is 0 Å². The van der Waals surface area contributed by atoms with Crippen molar-refractivity contribution in [3.05, 3.63) is 56.7 Å². The van der Waals surface area contributed by atoms with E-state index in [0.29, 0.717) is 38.8 Å². The monoisotopic (exact) mass is 546 g/mol. The maximum Gasteiger partial charge on any atom is 0.277 e. The number of hydrogen-bond acceptors (Lipinski definition) is 9. The fourth-order valence-electron chi connectivity index (χ4n) is 3.97. The predicted octanol–water partition coefficient (Wildman–Crippen LogP) is 5.03. The van der Waals surface area contributed by atoms with Crippen molar-refractivity contribution in [2.24, 2.45) is 5.10 Å². The summed E-state index contributed by atoms with van der Waals surface area (Å²) in [5.74, 6) is 2.89. The molecule has 37 heavy (non-hydrogen) atoms. The number of ether oxygens (including phenoxy) is 6. The van der Waals surface area contributed by atoms with Gasteiger partial charge in [-0.3, -0.25) is 4.79 Å². The summed E-state index contributed by atoms with van der Waals surface area (Å²) in [6, 6.07) is 10.8. The van der Waals surface area contributed by atoms with Gasteiger partial charge in [-0.2, -0.15) is 5.10 Å². The number of halogens is 1. The third-order valence-electron chi connectivity index (χ3n) is 5.69. The topological polar surface area (TPSA) is 96.8 Å². The molecular formula is C26H27ClN2O7S. The molecule has 1 unspecified atom stereocenters. The summed E-state index contributed by atoms with van der Waals surface area (Å²) in [7, 11) is 6.30. The van der Waals surface area contributed by atoms with Crippen LogP contribution in [0.15, 0.2) is 41.5 Å². The summed E-state index contributed by atoms with van der Waals surface area (Å²) in [6.07, 6.45) is 2.71. The average Bonchev–Trinajstić information content (AvgIpc) is 3.34. The van der Waals surface area contributed by atoms with Crippen LogP contribution < -0.4 is 33.8 Å². The van der Waals surface area contributed by atoms with Crippen LogP contribution in [-0.2, 0) is 11.2 Å². The van der Waals surface area contributed by atoms with Gasteiger partial charge in [0.1, 0.15) is 23.4 Å². The van der Waals surface area contributed by atoms with E-state index in [1.165, 1.54) is 17.6 Å². The Morgan fingerprint density at radius 3 is 2.43 bits per heavy atom. The van der Waals surface area contributed by atoms with Crippen LogP contribution in [0.3, 0.4) is 0 Å². The highest BCUT2D eigenvalue weighted by molar-refractivity contribution is 7.17. The summed E-state index contributed by atoms with van der Waals surface area (Å²) >= 11 is 7.25. The quantitative estimate of drug-likeness (QED) is 0.281. The average molecular weight is 547 g/mol. The Kier molecular flexibility index (Phi) is 8.62. The highest BCUT2D eigenvalue weighted by Gasteiger charge is 2.27. The number of carbonyl (C=O) groups excluding carboxylic acids is 1. The second-order valence-corrected chi connectivity index (χ2v) is 9.68. The highest BCUT2D eigenvalue weighted by Crippen LogP contribution is 2.45. The van der Waals surface area contributed by atoms with Crippen LogP contribution >= 0.6 is 22.9 Å². The number of hydrogen-bond donors (Lipinski definition) is 1. The van der Waals surface area contributed by atoms with E-state index in [0.717, 1.165) is 28.8 Å². The van der Waals surface area contributed by atoms with Gasteiger partial charge in [0.15, 0.2) is 18.1 Å². The van der Waals surface area contributed by atoms with Crippen molar-refractivity contribution in [2.75, 3.05) is 35.0 Å². The molecule has 0 spiro atoms. The minimum atomic E-state index is -0.410. The van der Waals surface area contributed by atoms with E-state index in [1.807, 2.05) is 18.2 Å². The molecule has 1 aliphatic heterocycles. The van der Waals surface area contributed by atoms with E-state index in [4.69, 9.17) is 40.0 Å². The van der Waals surface area contributed by atoms with Gasteiger partial charge in [0, 0.05) is 22.6 Å². The summed E-state index contributed by atoms with van der Waals surface area (Å²) in [5.41, 5.74) is 4.25. The summed E-state index contributed by atoms with van der Waals surface area (Å²) < 4.78 is 34.7. The summed E-state index contributed by atoms with van der Waals surface area (Å²) in [5, 5.41) is 3.92. The number of hydrazone groups is 1. The lowest BCUT2D eigenvalue weighted by Gasteiger charge is -2.29. The van der Waals surface area contributed by atoms with Crippen molar-refractivity contribution in [2.45, 2.75) is 18.9 Å². The molecule has 3 aromatic rings. The fourth-order valence-corrected chi connectivity index (χ4v) is 4.90. The first-order chi connectivity index (χ1) is 17.9. The van der Waals surface area contributed by atoms with E-state index < -0.39 is 5.91 Å². The van der Waals surface area contributed by atoms with Crippen LogP contribution in [0.1, 0.15) is 28.5 Å². The van der Waals surface area contributed by atoms with Gasteiger partial charge in [-0.25, -0.2) is 5.43 Å². The summed E-state index contributed by atoms with van der Waals surface area (Å²) in [6.45, 7) is -0.235. The molecule has 4 rings (SSSR count). The van der Waals surface area contributed by atoms with Crippen LogP contribution in [0.4, 0.5) is 0 Å². The first kappa shape index (κ1) is 26.4. The molecular weight excluding hydrogens is 520 g/mol. The Balaban J connectivity index is 1.47. The minimum Gasteiger partial charge on any atom is -0.496 e.